The Labute approximate surface area is 198 Å². The van der Waals surface area contributed by atoms with Crippen molar-refractivity contribution in [2.24, 2.45) is 51.2 Å². The maximum atomic E-state index is 5.96. The molecule has 4 aliphatic carbocycles. The molecule has 9 unspecified atom stereocenters. The van der Waals surface area contributed by atoms with E-state index in [1.54, 1.807) is 0 Å². The molecule has 164 valence electrons. The van der Waals surface area contributed by atoms with E-state index in [1.807, 2.05) is 7.11 Å². The van der Waals surface area contributed by atoms with Crippen LogP contribution in [0.4, 0.5) is 0 Å². The summed E-state index contributed by atoms with van der Waals surface area (Å²) >= 11 is 4.24. The third-order valence-electron chi connectivity index (χ3n) is 11.9. The van der Waals surface area contributed by atoms with Gasteiger partial charge in [0.25, 0.3) is 0 Å². The Kier molecular flexibility index (Phi) is 6.95. The van der Waals surface area contributed by atoms with Crippen molar-refractivity contribution in [1.82, 2.24) is 0 Å². The van der Waals surface area contributed by atoms with E-state index in [4.69, 9.17) is 4.74 Å². The predicted molar refractivity (Wildman–Crippen MR) is 138 cm³/mol. The number of hydrogen-bond acceptors (Lipinski definition) is 1. The zero-order chi connectivity index (χ0) is 21.1. The van der Waals surface area contributed by atoms with E-state index in [1.165, 1.54) is 44.9 Å². The van der Waals surface area contributed by atoms with Gasteiger partial charge in [0.15, 0.2) is 0 Å². The van der Waals surface area contributed by atoms with E-state index in [0.29, 0.717) is 33.7 Å². The second kappa shape index (κ2) is 8.08. The highest BCUT2D eigenvalue weighted by molar-refractivity contribution is 15.0. The van der Waals surface area contributed by atoms with Crippen LogP contribution < -0.4 is 0 Å². The fourth-order valence-electron chi connectivity index (χ4n) is 9.34. The molecular weight excluding hydrogens is 570 g/mol. The zero-order valence-corrected chi connectivity index (χ0v) is 23.9. The van der Waals surface area contributed by atoms with E-state index in [0.717, 1.165) is 23.7 Å². The lowest BCUT2D eigenvalue weighted by molar-refractivity contribution is -0.226. The average molecular weight is 614 g/mol. The molecule has 4 saturated carbocycles. The van der Waals surface area contributed by atoms with Crippen LogP contribution in [0.5, 0.6) is 0 Å². The lowest BCUT2D eigenvalue weighted by Crippen LogP contribution is -2.64. The Balaban J connectivity index is 0.00000109. The van der Waals surface area contributed by atoms with Crippen LogP contribution in [0.3, 0.4) is 0 Å². The molecule has 0 amide bonds. The van der Waals surface area contributed by atoms with Crippen molar-refractivity contribution in [3.05, 3.63) is 0 Å². The quantitative estimate of drug-likeness (QED) is 0.269. The second-order valence-electron chi connectivity index (χ2n) is 12.2. The van der Waals surface area contributed by atoms with Gasteiger partial charge in [-0.2, -0.15) is 0 Å². The van der Waals surface area contributed by atoms with E-state index in [-0.39, 0.29) is 0 Å². The molecule has 0 saturated heterocycles. The third kappa shape index (κ3) is 3.03. The van der Waals surface area contributed by atoms with Gasteiger partial charge < -0.3 is 4.74 Å². The monoisotopic (exact) mass is 614 g/mol. The number of hydrogen-bond donors (Lipinski definition) is 0. The van der Waals surface area contributed by atoms with Crippen molar-refractivity contribution in [3.8, 4) is 0 Å². The van der Waals surface area contributed by atoms with Crippen LogP contribution in [0.15, 0.2) is 0 Å². The van der Waals surface area contributed by atoms with Crippen molar-refractivity contribution in [2.75, 3.05) is 7.11 Å². The molecule has 0 spiro atoms. The summed E-state index contributed by atoms with van der Waals surface area (Å²) in [5.41, 5.74) is 2.04. The van der Waals surface area contributed by atoms with Crippen LogP contribution in [-0.2, 0) is 4.74 Å². The normalized spacial score (nSPS) is 54.6. The highest BCUT2D eigenvalue weighted by atomic mass is 128. The van der Waals surface area contributed by atoms with Gasteiger partial charge in [-0.05, 0) is 96.2 Å². The minimum atomic E-state index is 0.426. The minimum Gasteiger partial charge on any atom is -0.381 e. The van der Waals surface area contributed by atoms with Crippen LogP contribution in [0.1, 0.15) is 93.4 Å². The Morgan fingerprint density at radius 2 is 1.32 bits per heavy atom. The molecule has 0 bridgehead atoms. The molecular formula is C25H44I2O. The fourth-order valence-corrected chi connectivity index (χ4v) is 9.34. The first-order chi connectivity index (χ1) is 13.0. The summed E-state index contributed by atoms with van der Waals surface area (Å²) in [5, 5.41) is 0. The molecule has 1 nitrogen and oxygen atoms in total. The van der Waals surface area contributed by atoms with Crippen LogP contribution >= 0.6 is 37.2 Å². The van der Waals surface area contributed by atoms with Crippen LogP contribution in [0.25, 0.3) is 0 Å². The van der Waals surface area contributed by atoms with E-state index < -0.39 is 0 Å². The highest BCUT2D eigenvalue weighted by Crippen LogP contribution is 2.74. The molecule has 0 aliphatic heterocycles. The first kappa shape index (κ1) is 24.1. The van der Waals surface area contributed by atoms with Gasteiger partial charge in [-0.1, -0.05) is 48.5 Å². The van der Waals surface area contributed by atoms with Gasteiger partial charge >= 0.3 is 0 Å². The van der Waals surface area contributed by atoms with Gasteiger partial charge in [-0.25, -0.2) is 0 Å². The predicted octanol–water partition coefficient (Wildman–Crippen LogP) is 8.72. The molecule has 0 N–H and O–H groups in total. The Hall–Kier alpha value is 1.42. The van der Waals surface area contributed by atoms with Gasteiger partial charge in [-0.15, -0.1) is 0 Å². The minimum absolute atomic E-state index is 0.426. The molecule has 9 atom stereocenters. The van der Waals surface area contributed by atoms with E-state index in [2.05, 4.69) is 85.7 Å². The summed E-state index contributed by atoms with van der Waals surface area (Å²) in [4.78, 5) is 0. The standard InChI is InChI=1S/C25H44O.I2/c1-16-15-18-19-9-12-22(3,4)23(19,5)13-10-20(18)24(6)14-11-21(26-8)17(2)25(16,24)7;1-2/h16-21H,9-15H2,1-8H3;. The van der Waals surface area contributed by atoms with Gasteiger partial charge in [-0.3, -0.25) is 0 Å². The Morgan fingerprint density at radius 3 is 1.93 bits per heavy atom. The smallest absolute Gasteiger partial charge is 0.0602 e. The lowest BCUT2D eigenvalue weighted by atomic mass is 9.36. The topological polar surface area (TPSA) is 9.23 Å². The summed E-state index contributed by atoms with van der Waals surface area (Å²) in [7, 11) is 1.94. The number of halogens is 2. The molecule has 0 aromatic rings. The maximum absolute atomic E-state index is 5.96. The maximum Gasteiger partial charge on any atom is 0.0602 e. The summed E-state index contributed by atoms with van der Waals surface area (Å²) in [5.74, 6) is 4.37. The number of methoxy groups -OCH3 is 1. The van der Waals surface area contributed by atoms with E-state index >= 15 is 0 Å². The van der Waals surface area contributed by atoms with Gasteiger partial charge in [0.05, 0.1) is 6.10 Å². The largest absolute Gasteiger partial charge is 0.381 e. The van der Waals surface area contributed by atoms with Crippen molar-refractivity contribution < 1.29 is 4.74 Å². The molecule has 0 aromatic carbocycles. The highest BCUT2D eigenvalue weighted by Gasteiger charge is 2.67. The van der Waals surface area contributed by atoms with Crippen LogP contribution in [0.2, 0.25) is 0 Å². The summed E-state index contributed by atoms with van der Waals surface area (Å²) < 4.78 is 5.96. The summed E-state index contributed by atoms with van der Waals surface area (Å²) in [6.45, 7) is 18.2. The van der Waals surface area contributed by atoms with Gasteiger partial charge in [0.2, 0.25) is 0 Å². The SMILES string of the molecule is COC1CCC2(C)C3CCC4(C)C(CCC4(C)C)C3CC(C)C2(C)C1C.II. The average Bonchev–Trinajstić information content (AvgIpc) is 2.91. The summed E-state index contributed by atoms with van der Waals surface area (Å²) in [6, 6.07) is 0. The number of rotatable bonds is 1. The fraction of sp³-hybridized carbons (Fsp3) is 1.00. The lowest BCUT2D eigenvalue weighted by Gasteiger charge is -2.69. The molecule has 0 radical (unpaired) electrons. The van der Waals surface area contributed by atoms with Crippen molar-refractivity contribution in [2.45, 2.75) is 99.5 Å². The number of fused-ring (bicyclic) bond motifs is 5. The molecule has 3 heteroatoms. The van der Waals surface area contributed by atoms with Gasteiger partial charge in [0, 0.05) is 44.3 Å². The van der Waals surface area contributed by atoms with E-state index in [9.17, 15) is 0 Å². The van der Waals surface area contributed by atoms with Crippen molar-refractivity contribution in [1.29, 1.82) is 0 Å². The Morgan fingerprint density at radius 1 is 0.786 bits per heavy atom. The van der Waals surface area contributed by atoms with Crippen molar-refractivity contribution >= 4 is 37.2 Å². The second-order valence-corrected chi connectivity index (χ2v) is 12.2. The molecule has 0 aromatic heterocycles. The molecule has 4 rings (SSSR count). The zero-order valence-electron chi connectivity index (χ0n) is 19.6. The Bertz CT molecular complexity index is 577. The van der Waals surface area contributed by atoms with Crippen LogP contribution in [0, 0.1) is 51.2 Å². The van der Waals surface area contributed by atoms with Crippen LogP contribution in [-0.4, -0.2) is 13.2 Å². The third-order valence-corrected chi connectivity index (χ3v) is 11.9. The molecule has 4 aliphatic rings. The summed E-state index contributed by atoms with van der Waals surface area (Å²) in [6.07, 6.45) is 10.5. The molecule has 28 heavy (non-hydrogen) atoms. The van der Waals surface area contributed by atoms with Crippen molar-refractivity contribution in [3.63, 3.8) is 0 Å². The first-order valence-corrected chi connectivity index (χ1v) is 18.0. The first-order valence-electron chi connectivity index (χ1n) is 11.7. The molecule has 0 heterocycles. The number of ether oxygens (including phenoxy) is 1. The van der Waals surface area contributed by atoms with Gasteiger partial charge in [0.1, 0.15) is 0 Å². The molecule has 4 fully saturated rings.